The number of rotatable bonds is 4. The number of hydrogen-bond donors (Lipinski definition) is 0. The van der Waals surface area contributed by atoms with Gasteiger partial charge in [0.1, 0.15) is 24.5 Å². The highest BCUT2D eigenvalue weighted by atomic mass is 19.1. The summed E-state index contributed by atoms with van der Waals surface area (Å²) >= 11 is 0. The van der Waals surface area contributed by atoms with Crippen LogP contribution in [0.2, 0.25) is 0 Å². The molecule has 1 heterocycles. The fourth-order valence-electron chi connectivity index (χ4n) is 1.89. The Balaban J connectivity index is 1.75. The SMILES string of the molecule is N#Cc1ccc(COc2cccc(-n3cnnn3)c2)c(F)c1. The minimum atomic E-state index is -0.462. The van der Waals surface area contributed by atoms with Gasteiger partial charge in [-0.3, -0.25) is 0 Å². The van der Waals surface area contributed by atoms with E-state index in [0.717, 1.165) is 5.69 Å². The van der Waals surface area contributed by atoms with E-state index in [1.165, 1.54) is 17.1 Å². The molecule has 0 N–H and O–H groups in total. The maximum Gasteiger partial charge on any atom is 0.143 e. The van der Waals surface area contributed by atoms with Crippen molar-refractivity contribution in [3.8, 4) is 17.5 Å². The summed E-state index contributed by atoms with van der Waals surface area (Å²) in [5.41, 5.74) is 1.40. The fraction of sp³-hybridized carbons (Fsp3) is 0.0667. The van der Waals surface area contributed by atoms with Crippen LogP contribution in [0.1, 0.15) is 11.1 Å². The highest BCUT2D eigenvalue weighted by Crippen LogP contribution is 2.18. The number of tetrazole rings is 1. The summed E-state index contributed by atoms with van der Waals surface area (Å²) in [7, 11) is 0. The third-order valence-corrected chi connectivity index (χ3v) is 3.01. The number of hydrogen-bond acceptors (Lipinski definition) is 5. The lowest BCUT2D eigenvalue weighted by Gasteiger charge is -2.08. The van der Waals surface area contributed by atoms with Crippen LogP contribution in [0.15, 0.2) is 48.8 Å². The first-order valence-electron chi connectivity index (χ1n) is 6.41. The molecular formula is C15H10FN5O. The quantitative estimate of drug-likeness (QED) is 0.737. The third kappa shape index (κ3) is 2.91. The molecule has 108 valence electrons. The number of benzene rings is 2. The molecule has 3 aromatic rings. The standard InChI is InChI=1S/C15H10FN5O/c16-15-6-11(8-17)4-5-12(15)9-22-14-3-1-2-13(7-14)21-10-18-19-20-21/h1-7,10H,9H2. The Kier molecular flexibility index (Phi) is 3.74. The van der Waals surface area contributed by atoms with Crippen molar-refractivity contribution >= 4 is 0 Å². The van der Waals surface area contributed by atoms with Gasteiger partial charge in [-0.15, -0.1) is 5.10 Å². The van der Waals surface area contributed by atoms with Crippen LogP contribution in [-0.4, -0.2) is 20.2 Å². The van der Waals surface area contributed by atoms with Crippen molar-refractivity contribution in [2.75, 3.05) is 0 Å². The van der Waals surface area contributed by atoms with Gasteiger partial charge in [0.2, 0.25) is 0 Å². The first-order chi connectivity index (χ1) is 10.8. The van der Waals surface area contributed by atoms with Crippen LogP contribution in [0.3, 0.4) is 0 Å². The maximum absolute atomic E-state index is 13.8. The summed E-state index contributed by atoms with van der Waals surface area (Å²) in [6, 6.07) is 13.3. The predicted octanol–water partition coefficient (Wildman–Crippen LogP) is 2.25. The Morgan fingerprint density at radius 3 is 2.86 bits per heavy atom. The highest BCUT2D eigenvalue weighted by molar-refractivity contribution is 5.38. The molecule has 3 rings (SSSR count). The Labute approximate surface area is 125 Å². The van der Waals surface area contributed by atoms with E-state index in [0.29, 0.717) is 11.3 Å². The number of nitriles is 1. The summed E-state index contributed by atoms with van der Waals surface area (Å²) in [4.78, 5) is 0. The van der Waals surface area contributed by atoms with Crippen molar-refractivity contribution in [2.45, 2.75) is 6.61 Å². The van der Waals surface area contributed by atoms with Crippen molar-refractivity contribution in [2.24, 2.45) is 0 Å². The van der Waals surface area contributed by atoms with Crippen molar-refractivity contribution < 1.29 is 9.13 Å². The van der Waals surface area contributed by atoms with Crippen LogP contribution >= 0.6 is 0 Å². The van der Waals surface area contributed by atoms with Gasteiger partial charge in [-0.1, -0.05) is 12.1 Å². The van der Waals surface area contributed by atoms with Crippen molar-refractivity contribution in [3.63, 3.8) is 0 Å². The Morgan fingerprint density at radius 2 is 2.14 bits per heavy atom. The molecule has 22 heavy (non-hydrogen) atoms. The summed E-state index contributed by atoms with van der Waals surface area (Å²) in [6.45, 7) is 0.0661. The van der Waals surface area contributed by atoms with E-state index in [9.17, 15) is 4.39 Å². The molecule has 0 bridgehead atoms. The maximum atomic E-state index is 13.8. The van der Waals surface area contributed by atoms with Crippen molar-refractivity contribution in [1.82, 2.24) is 20.2 Å². The normalized spacial score (nSPS) is 10.2. The van der Waals surface area contributed by atoms with E-state index in [2.05, 4.69) is 15.5 Å². The van der Waals surface area contributed by atoms with E-state index in [1.54, 1.807) is 30.3 Å². The number of ether oxygens (including phenoxy) is 1. The van der Waals surface area contributed by atoms with Gasteiger partial charge in [0.25, 0.3) is 0 Å². The van der Waals surface area contributed by atoms with E-state index in [-0.39, 0.29) is 12.2 Å². The van der Waals surface area contributed by atoms with Crippen LogP contribution < -0.4 is 4.74 Å². The molecule has 1 aromatic heterocycles. The molecule has 0 fully saturated rings. The molecule has 0 saturated carbocycles. The molecule has 0 amide bonds. The fourth-order valence-corrected chi connectivity index (χ4v) is 1.89. The monoisotopic (exact) mass is 295 g/mol. The predicted molar refractivity (Wildman–Crippen MR) is 74.6 cm³/mol. The Morgan fingerprint density at radius 1 is 1.23 bits per heavy atom. The number of nitrogens with zero attached hydrogens (tertiary/aromatic N) is 5. The largest absolute Gasteiger partial charge is 0.489 e. The zero-order valence-electron chi connectivity index (χ0n) is 11.3. The first kappa shape index (κ1) is 13.7. The highest BCUT2D eigenvalue weighted by Gasteiger charge is 2.06. The number of halogens is 1. The zero-order valence-corrected chi connectivity index (χ0v) is 11.3. The average molecular weight is 295 g/mol. The second-order valence-electron chi connectivity index (χ2n) is 4.46. The van der Waals surface area contributed by atoms with Crippen molar-refractivity contribution in [1.29, 1.82) is 5.26 Å². The molecule has 0 spiro atoms. The summed E-state index contributed by atoms with van der Waals surface area (Å²) < 4.78 is 20.9. The lowest BCUT2D eigenvalue weighted by atomic mass is 10.1. The lowest BCUT2D eigenvalue weighted by Crippen LogP contribution is -2.00. The van der Waals surface area contributed by atoms with Gasteiger partial charge in [-0.05, 0) is 34.7 Å². The second-order valence-corrected chi connectivity index (χ2v) is 4.46. The van der Waals surface area contributed by atoms with E-state index >= 15 is 0 Å². The minimum absolute atomic E-state index is 0.0661. The molecule has 7 heteroatoms. The molecule has 0 unspecified atom stereocenters. The molecule has 0 aliphatic heterocycles. The zero-order chi connectivity index (χ0) is 15.4. The summed E-state index contributed by atoms with van der Waals surface area (Å²) in [5.74, 6) is 0.104. The van der Waals surface area contributed by atoms with Gasteiger partial charge in [-0.2, -0.15) is 5.26 Å². The molecular weight excluding hydrogens is 285 g/mol. The Hall–Kier alpha value is -3.27. The van der Waals surface area contributed by atoms with Gasteiger partial charge >= 0.3 is 0 Å². The smallest absolute Gasteiger partial charge is 0.143 e. The molecule has 0 atom stereocenters. The van der Waals surface area contributed by atoms with Crippen LogP contribution in [0.25, 0.3) is 5.69 Å². The van der Waals surface area contributed by atoms with E-state index < -0.39 is 5.82 Å². The summed E-state index contributed by atoms with van der Waals surface area (Å²) in [5, 5.41) is 19.6. The van der Waals surface area contributed by atoms with Gasteiger partial charge in [0.05, 0.1) is 17.3 Å². The molecule has 6 nitrogen and oxygen atoms in total. The molecule has 0 saturated heterocycles. The molecule has 0 aliphatic carbocycles. The summed E-state index contributed by atoms with van der Waals surface area (Å²) in [6.07, 6.45) is 1.47. The minimum Gasteiger partial charge on any atom is -0.489 e. The third-order valence-electron chi connectivity index (χ3n) is 3.01. The average Bonchev–Trinajstić information content (AvgIpc) is 3.08. The molecule has 0 radical (unpaired) electrons. The molecule has 0 aliphatic rings. The van der Waals surface area contributed by atoms with Crippen LogP contribution in [0, 0.1) is 17.1 Å². The van der Waals surface area contributed by atoms with Crippen LogP contribution in [0.4, 0.5) is 4.39 Å². The first-order valence-corrected chi connectivity index (χ1v) is 6.41. The van der Waals surface area contributed by atoms with Gasteiger partial charge in [-0.25, -0.2) is 9.07 Å². The van der Waals surface area contributed by atoms with Gasteiger partial charge in [0.15, 0.2) is 0 Å². The van der Waals surface area contributed by atoms with E-state index in [4.69, 9.17) is 10.00 Å². The Bertz CT molecular complexity index is 826. The number of aromatic nitrogens is 4. The lowest BCUT2D eigenvalue weighted by molar-refractivity contribution is 0.299. The van der Waals surface area contributed by atoms with Crippen molar-refractivity contribution in [3.05, 3.63) is 65.7 Å². The topological polar surface area (TPSA) is 76.6 Å². The second kappa shape index (κ2) is 6.01. The van der Waals surface area contributed by atoms with Crippen LogP contribution in [0.5, 0.6) is 5.75 Å². The van der Waals surface area contributed by atoms with E-state index in [1.807, 2.05) is 12.1 Å². The van der Waals surface area contributed by atoms with Gasteiger partial charge in [0, 0.05) is 11.6 Å². The van der Waals surface area contributed by atoms with Gasteiger partial charge < -0.3 is 4.74 Å². The molecule has 2 aromatic carbocycles. The van der Waals surface area contributed by atoms with Crippen LogP contribution in [-0.2, 0) is 6.61 Å².